The van der Waals surface area contributed by atoms with E-state index in [9.17, 15) is 9.59 Å². The summed E-state index contributed by atoms with van der Waals surface area (Å²) in [5, 5.41) is 15.6. The molecule has 0 fully saturated rings. The number of carboxylic acid groups (broad SMARTS) is 1. The molecule has 2 aliphatic rings. The number of hydrogen-bond acceptors (Lipinski definition) is 6. The monoisotopic (exact) mass is 612 g/mol. The predicted molar refractivity (Wildman–Crippen MR) is 178 cm³/mol. The lowest BCUT2D eigenvalue weighted by Gasteiger charge is -2.38. The second-order valence-corrected chi connectivity index (χ2v) is 10.8. The smallest absolute Gasteiger partial charge is 0.335 e. The number of anilines is 4. The number of ether oxygens (including phenoxy) is 1. The number of carbonyl (C=O) groups excluding carboxylic acids is 1. The zero-order valence-corrected chi connectivity index (χ0v) is 26.1. The average Bonchev–Trinajstić information content (AvgIpc) is 3.03. The molecule has 0 saturated heterocycles. The molecule has 228 valence electrons. The summed E-state index contributed by atoms with van der Waals surface area (Å²) in [6.45, 7) is 12.0. The number of hydrogen-bond donors (Lipinski definition) is 3. The first-order valence-electron chi connectivity index (χ1n) is 14.9. The standard InChI is InChI=1S/C28H31ClN4O2.C7H6O2/c1-5-32(6-2)17-13-14-18-22(15-17)35-23-16-21(33(7-3)8-4)27-25(28(34)31-27)24(23)26(18)30-20-12-10-9-11-19(20)29;8-7(9)6-4-2-1-3-5-6/h9-16,26,30H,5-8H2,1-4H3,(H,31,34);1-5H,(H,8,9). The Morgan fingerprint density at radius 1 is 0.886 bits per heavy atom. The number of para-hydroxylation sites is 1. The third-order valence-corrected chi connectivity index (χ3v) is 8.35. The van der Waals surface area contributed by atoms with E-state index in [1.165, 1.54) is 0 Å². The minimum absolute atomic E-state index is 0.0805. The van der Waals surface area contributed by atoms with Gasteiger partial charge in [0.2, 0.25) is 0 Å². The molecular formula is C35H37ClN4O4. The van der Waals surface area contributed by atoms with Gasteiger partial charge in [0, 0.05) is 55.1 Å². The molecule has 0 radical (unpaired) electrons. The van der Waals surface area contributed by atoms with E-state index in [-0.39, 0.29) is 11.9 Å². The second-order valence-electron chi connectivity index (χ2n) is 10.4. The minimum atomic E-state index is -0.879. The van der Waals surface area contributed by atoms with Crippen molar-refractivity contribution in [2.24, 2.45) is 0 Å². The fraction of sp³-hybridized carbons (Fsp3) is 0.257. The van der Waals surface area contributed by atoms with Gasteiger partial charge in [-0.3, -0.25) is 4.79 Å². The van der Waals surface area contributed by atoms with Gasteiger partial charge in [-0.25, -0.2) is 4.79 Å². The van der Waals surface area contributed by atoms with Gasteiger partial charge in [-0.1, -0.05) is 48.0 Å². The quantitative estimate of drug-likeness (QED) is 0.175. The van der Waals surface area contributed by atoms with Crippen LogP contribution in [0.4, 0.5) is 22.7 Å². The highest BCUT2D eigenvalue weighted by Crippen LogP contribution is 2.53. The Balaban J connectivity index is 0.000000367. The van der Waals surface area contributed by atoms with Crippen molar-refractivity contribution in [3.63, 3.8) is 0 Å². The van der Waals surface area contributed by atoms with Crippen molar-refractivity contribution in [3.05, 3.63) is 106 Å². The summed E-state index contributed by atoms with van der Waals surface area (Å²) < 4.78 is 6.55. The Kier molecular flexibility index (Phi) is 9.30. The fourth-order valence-electron chi connectivity index (χ4n) is 5.69. The molecule has 1 amide bonds. The molecule has 0 spiro atoms. The van der Waals surface area contributed by atoms with Crippen molar-refractivity contribution in [3.8, 4) is 11.5 Å². The third-order valence-electron chi connectivity index (χ3n) is 8.02. The molecule has 2 heterocycles. The van der Waals surface area contributed by atoms with Crippen LogP contribution in [0.15, 0.2) is 78.9 Å². The number of amides is 1. The van der Waals surface area contributed by atoms with Crippen LogP contribution in [0.1, 0.15) is 65.6 Å². The van der Waals surface area contributed by atoms with E-state index < -0.39 is 5.97 Å². The van der Waals surface area contributed by atoms with Crippen LogP contribution in [0.2, 0.25) is 5.02 Å². The third kappa shape index (κ3) is 5.90. The molecule has 0 bridgehead atoms. The van der Waals surface area contributed by atoms with Crippen LogP contribution < -0.4 is 25.2 Å². The summed E-state index contributed by atoms with van der Waals surface area (Å²) in [7, 11) is 0. The molecule has 0 saturated carbocycles. The highest BCUT2D eigenvalue weighted by Gasteiger charge is 2.40. The lowest BCUT2D eigenvalue weighted by molar-refractivity contribution is 0.0696. The maximum absolute atomic E-state index is 12.9. The Morgan fingerprint density at radius 3 is 2.14 bits per heavy atom. The SMILES string of the molecule is CCN(CC)c1ccc2c(c1)Oc1cc(N(CC)CC)c3c(c1C2Nc1ccccc1Cl)C(=O)N3.O=C(O)c1ccccc1. The number of carboxylic acids is 1. The maximum Gasteiger partial charge on any atom is 0.335 e. The molecule has 4 aromatic carbocycles. The van der Waals surface area contributed by atoms with Crippen LogP contribution in [0.5, 0.6) is 11.5 Å². The van der Waals surface area contributed by atoms with E-state index in [1.807, 2.05) is 24.3 Å². The lowest BCUT2D eigenvalue weighted by Crippen LogP contribution is -2.34. The zero-order valence-electron chi connectivity index (χ0n) is 25.4. The Hall–Kier alpha value is -4.69. The van der Waals surface area contributed by atoms with E-state index >= 15 is 0 Å². The van der Waals surface area contributed by atoms with E-state index in [1.54, 1.807) is 30.3 Å². The van der Waals surface area contributed by atoms with Crippen molar-refractivity contribution in [1.29, 1.82) is 0 Å². The predicted octanol–water partition coefficient (Wildman–Crippen LogP) is 8.29. The molecule has 0 aromatic heterocycles. The first-order valence-corrected chi connectivity index (χ1v) is 15.3. The Morgan fingerprint density at radius 2 is 1.55 bits per heavy atom. The molecule has 9 heteroatoms. The minimum Gasteiger partial charge on any atom is -0.478 e. The van der Waals surface area contributed by atoms with Gasteiger partial charge >= 0.3 is 5.97 Å². The van der Waals surface area contributed by atoms with Gasteiger partial charge in [-0.2, -0.15) is 0 Å². The van der Waals surface area contributed by atoms with Crippen molar-refractivity contribution < 1.29 is 19.4 Å². The molecule has 1 atom stereocenters. The average molecular weight is 613 g/mol. The molecule has 2 aliphatic heterocycles. The Bertz CT molecular complexity index is 1670. The molecule has 6 rings (SSSR count). The maximum atomic E-state index is 12.9. The normalized spacial score (nSPS) is 13.8. The topological polar surface area (TPSA) is 94.1 Å². The fourth-order valence-corrected chi connectivity index (χ4v) is 5.88. The van der Waals surface area contributed by atoms with Crippen LogP contribution >= 0.6 is 11.6 Å². The molecule has 0 aliphatic carbocycles. The van der Waals surface area contributed by atoms with Crippen LogP contribution in [0, 0.1) is 0 Å². The summed E-state index contributed by atoms with van der Waals surface area (Å²) >= 11 is 6.53. The summed E-state index contributed by atoms with van der Waals surface area (Å²) in [6, 6.07) is 24.1. The summed E-state index contributed by atoms with van der Waals surface area (Å²) in [4.78, 5) is 27.6. The number of carbonyl (C=O) groups is 2. The summed E-state index contributed by atoms with van der Waals surface area (Å²) in [5.41, 5.74) is 6.63. The highest BCUT2D eigenvalue weighted by atomic mass is 35.5. The molecule has 1 unspecified atom stereocenters. The van der Waals surface area contributed by atoms with E-state index in [2.05, 4.69) is 72.4 Å². The van der Waals surface area contributed by atoms with Gasteiger partial charge in [0.15, 0.2) is 0 Å². The van der Waals surface area contributed by atoms with Gasteiger partial charge in [0.25, 0.3) is 5.91 Å². The number of aromatic carboxylic acids is 1. The first kappa shape index (κ1) is 30.8. The zero-order chi connectivity index (χ0) is 31.4. The van der Waals surface area contributed by atoms with Gasteiger partial charge in [0.1, 0.15) is 11.5 Å². The Labute approximate surface area is 263 Å². The van der Waals surface area contributed by atoms with Crippen LogP contribution in [-0.4, -0.2) is 43.2 Å². The number of benzene rings is 4. The lowest BCUT2D eigenvalue weighted by atomic mass is 9.85. The van der Waals surface area contributed by atoms with Crippen LogP contribution in [0.3, 0.4) is 0 Å². The van der Waals surface area contributed by atoms with Gasteiger partial charge < -0.3 is 30.3 Å². The van der Waals surface area contributed by atoms with E-state index in [0.717, 1.165) is 65.8 Å². The van der Waals surface area contributed by atoms with Crippen molar-refractivity contribution in [2.75, 3.05) is 46.6 Å². The van der Waals surface area contributed by atoms with Crippen LogP contribution in [0.25, 0.3) is 0 Å². The van der Waals surface area contributed by atoms with Crippen LogP contribution in [-0.2, 0) is 0 Å². The van der Waals surface area contributed by atoms with Gasteiger partial charge in [0.05, 0.1) is 39.3 Å². The number of nitrogens with zero attached hydrogens (tertiary/aromatic N) is 2. The summed E-state index contributed by atoms with van der Waals surface area (Å²) in [6.07, 6.45) is 0. The van der Waals surface area contributed by atoms with Gasteiger partial charge in [-0.05, 0) is 58.0 Å². The van der Waals surface area contributed by atoms with Crippen molar-refractivity contribution in [2.45, 2.75) is 33.7 Å². The number of fused-ring (bicyclic) bond motifs is 4. The molecule has 4 aromatic rings. The van der Waals surface area contributed by atoms with E-state index in [0.29, 0.717) is 21.9 Å². The molecular weight excluding hydrogens is 576 g/mol. The van der Waals surface area contributed by atoms with Gasteiger partial charge in [-0.15, -0.1) is 0 Å². The number of rotatable bonds is 9. The van der Waals surface area contributed by atoms with Crippen molar-refractivity contribution in [1.82, 2.24) is 0 Å². The molecule has 44 heavy (non-hydrogen) atoms. The number of nitrogens with one attached hydrogen (secondary N) is 2. The first-order chi connectivity index (χ1) is 21.3. The highest BCUT2D eigenvalue weighted by molar-refractivity contribution is 6.33. The molecule has 3 N–H and O–H groups in total. The number of halogens is 1. The second kappa shape index (κ2) is 13.3. The summed E-state index contributed by atoms with van der Waals surface area (Å²) in [5.74, 6) is 0.532. The van der Waals surface area contributed by atoms with Crippen molar-refractivity contribution >= 4 is 46.2 Å². The van der Waals surface area contributed by atoms with E-state index in [4.69, 9.17) is 21.4 Å². The molecule has 8 nitrogen and oxygen atoms in total. The largest absolute Gasteiger partial charge is 0.478 e.